The number of benzene rings is 8. The Bertz CT molecular complexity index is 3310. The lowest BCUT2D eigenvalue weighted by Crippen LogP contribution is -2.03. The first-order chi connectivity index (χ1) is 28.6. The van der Waals surface area contributed by atoms with Gasteiger partial charge in [0.2, 0.25) is 0 Å². The van der Waals surface area contributed by atoms with Gasteiger partial charge in [-0.15, -0.1) is 11.3 Å². The summed E-state index contributed by atoms with van der Waals surface area (Å²) in [6, 6.07) is 62.8. The quantitative estimate of drug-likeness (QED) is 0.171. The van der Waals surface area contributed by atoms with Gasteiger partial charge in [-0.25, -0.2) is 15.0 Å². The fraction of sp³-hybridized carbons (Fsp3) is 0. The highest BCUT2D eigenvalue weighted by molar-refractivity contribution is 7.26. The molecule has 11 aromatic rings. The molecule has 0 aliphatic heterocycles. The third kappa shape index (κ3) is 5.40. The van der Waals surface area contributed by atoms with E-state index in [9.17, 15) is 0 Å². The monoisotopic (exact) mass is 734 g/mol. The van der Waals surface area contributed by atoms with E-state index in [1.165, 1.54) is 36.9 Å². The molecule has 0 saturated heterocycles. The van der Waals surface area contributed by atoms with Crippen molar-refractivity contribution in [3.05, 3.63) is 194 Å². The summed E-state index contributed by atoms with van der Waals surface area (Å²) >= 11 is 1.83. The van der Waals surface area contributed by atoms with Gasteiger partial charge < -0.3 is 4.57 Å². The molecule has 3 aromatic heterocycles. The molecule has 0 fully saturated rings. The minimum Gasteiger partial charge on any atom is -0.309 e. The summed E-state index contributed by atoms with van der Waals surface area (Å²) in [5.41, 5.74) is 10.1. The molecule has 0 unspecified atom stereocenters. The summed E-state index contributed by atoms with van der Waals surface area (Å²) in [7, 11) is 0. The van der Waals surface area contributed by atoms with Crippen molar-refractivity contribution < 1.29 is 2.74 Å². The molecule has 56 heavy (non-hydrogen) atoms. The fourth-order valence-corrected chi connectivity index (χ4v) is 9.14. The number of para-hydroxylation sites is 3. The molecule has 8 aromatic carbocycles. The molecule has 11 rings (SSSR count). The molecule has 0 radical (unpaired) electrons. The standard InChI is InChI=1S/C51H32N4S/c1-3-15-33(16-4-1)35-29-30-47-43(32-35)41-25-14-24-38(48(41)56-47)36-19-13-20-37(31-36)50-52-49(34-17-5-2-6-18-34)53-51(54-50)42-23-9-12-28-46(42)55-44-26-10-7-21-39(44)40-22-8-11-27-45(40)55/h1-32H/i7D,8D. The van der Waals surface area contributed by atoms with Gasteiger partial charge in [0.15, 0.2) is 17.5 Å². The number of fused-ring (bicyclic) bond motifs is 6. The van der Waals surface area contributed by atoms with Gasteiger partial charge >= 0.3 is 0 Å². The summed E-state index contributed by atoms with van der Waals surface area (Å²) in [4.78, 5) is 15.5. The molecule has 3 heterocycles. The zero-order chi connectivity index (χ0) is 38.7. The minimum atomic E-state index is 0.424. The average Bonchev–Trinajstić information content (AvgIpc) is 3.81. The Kier molecular flexibility index (Phi) is 7.15. The molecule has 4 nitrogen and oxygen atoms in total. The average molecular weight is 735 g/mol. The molecule has 0 aliphatic rings. The maximum Gasteiger partial charge on any atom is 0.166 e. The first-order valence-corrected chi connectivity index (χ1v) is 19.4. The number of rotatable bonds is 6. The minimum absolute atomic E-state index is 0.424. The van der Waals surface area contributed by atoms with Crippen LogP contribution in [0.2, 0.25) is 0 Å². The Balaban J connectivity index is 1.08. The van der Waals surface area contributed by atoms with Crippen LogP contribution in [-0.4, -0.2) is 19.5 Å². The summed E-state index contributed by atoms with van der Waals surface area (Å²) in [5.74, 6) is 1.72. The first-order valence-electron chi connectivity index (χ1n) is 19.6. The van der Waals surface area contributed by atoms with Crippen LogP contribution in [0.4, 0.5) is 0 Å². The van der Waals surface area contributed by atoms with E-state index < -0.39 is 0 Å². The lowest BCUT2D eigenvalue weighted by Gasteiger charge is -2.14. The van der Waals surface area contributed by atoms with Crippen molar-refractivity contribution in [1.82, 2.24) is 19.5 Å². The van der Waals surface area contributed by atoms with E-state index in [1.807, 2.05) is 90.2 Å². The zero-order valence-corrected chi connectivity index (χ0v) is 30.8. The van der Waals surface area contributed by atoms with E-state index in [2.05, 4.69) is 108 Å². The number of aromatic nitrogens is 4. The van der Waals surface area contributed by atoms with Crippen LogP contribution >= 0.6 is 11.3 Å². The number of hydrogen-bond acceptors (Lipinski definition) is 4. The van der Waals surface area contributed by atoms with Gasteiger partial charge in [-0.2, -0.15) is 0 Å². The normalized spacial score (nSPS) is 12.1. The SMILES string of the molecule is [2H]c1ccc2c(c1)c1cc([2H])ccc1n2-c1ccccc1-c1nc(-c2ccccc2)nc(-c2cccc(-c3cccc4c3sc3ccc(-c5ccccc5)cc34)c2)n1. The van der Waals surface area contributed by atoms with Crippen molar-refractivity contribution in [2.75, 3.05) is 0 Å². The Morgan fingerprint density at radius 3 is 1.77 bits per heavy atom. The van der Waals surface area contributed by atoms with Crippen LogP contribution in [0.3, 0.4) is 0 Å². The molecule has 262 valence electrons. The van der Waals surface area contributed by atoms with Crippen molar-refractivity contribution in [2.24, 2.45) is 0 Å². The van der Waals surface area contributed by atoms with Gasteiger partial charge in [0.25, 0.3) is 0 Å². The van der Waals surface area contributed by atoms with Crippen molar-refractivity contribution in [1.29, 1.82) is 0 Å². The number of hydrogen-bond donors (Lipinski definition) is 0. The lowest BCUT2D eigenvalue weighted by atomic mass is 9.99. The molecule has 0 amide bonds. The Labute approximate surface area is 330 Å². The second kappa shape index (κ2) is 13.3. The van der Waals surface area contributed by atoms with E-state index in [0.29, 0.717) is 29.6 Å². The summed E-state index contributed by atoms with van der Waals surface area (Å²) in [6.45, 7) is 0. The second-order valence-corrected chi connectivity index (χ2v) is 14.9. The lowest BCUT2D eigenvalue weighted by molar-refractivity contribution is 1.06. The Hall–Kier alpha value is -7.21. The van der Waals surface area contributed by atoms with Crippen LogP contribution in [0.25, 0.3) is 104 Å². The molecule has 0 atom stereocenters. The van der Waals surface area contributed by atoms with Gasteiger partial charge in [-0.3, -0.25) is 0 Å². The van der Waals surface area contributed by atoms with Crippen molar-refractivity contribution in [2.45, 2.75) is 0 Å². The highest BCUT2D eigenvalue weighted by Crippen LogP contribution is 2.42. The van der Waals surface area contributed by atoms with Gasteiger partial charge in [-0.1, -0.05) is 152 Å². The van der Waals surface area contributed by atoms with Crippen molar-refractivity contribution >= 4 is 53.3 Å². The van der Waals surface area contributed by atoms with Crippen LogP contribution < -0.4 is 0 Å². The van der Waals surface area contributed by atoms with Gasteiger partial charge in [0.05, 0.1) is 19.5 Å². The van der Waals surface area contributed by atoms with Gasteiger partial charge in [0, 0.05) is 47.6 Å². The number of thiophene rings is 1. The van der Waals surface area contributed by atoms with Gasteiger partial charge in [-0.05, 0) is 64.7 Å². The van der Waals surface area contributed by atoms with Crippen LogP contribution in [-0.2, 0) is 0 Å². The number of nitrogens with zero attached hydrogens (tertiary/aromatic N) is 4. The summed E-state index contributed by atoms with van der Waals surface area (Å²) in [5, 5.41) is 4.36. The van der Waals surface area contributed by atoms with Crippen molar-refractivity contribution in [3.63, 3.8) is 0 Å². The van der Waals surface area contributed by atoms with Crippen LogP contribution in [0, 0.1) is 0 Å². The van der Waals surface area contributed by atoms with Crippen LogP contribution in [0.15, 0.2) is 194 Å². The molecule has 0 spiro atoms. The molecule has 5 heteroatoms. The van der Waals surface area contributed by atoms with E-state index >= 15 is 0 Å². The third-order valence-corrected chi connectivity index (χ3v) is 11.8. The highest BCUT2D eigenvalue weighted by Gasteiger charge is 2.19. The third-order valence-electron chi connectivity index (χ3n) is 10.5. The molecule has 0 N–H and O–H groups in total. The maximum atomic E-state index is 8.40. The van der Waals surface area contributed by atoms with E-state index in [0.717, 1.165) is 49.7 Å². The fourth-order valence-electron chi connectivity index (χ4n) is 7.92. The molecule has 0 bridgehead atoms. The summed E-state index contributed by atoms with van der Waals surface area (Å²) < 4.78 is 21.5. The predicted molar refractivity (Wildman–Crippen MR) is 234 cm³/mol. The highest BCUT2D eigenvalue weighted by atomic mass is 32.1. The van der Waals surface area contributed by atoms with E-state index in [1.54, 1.807) is 0 Å². The smallest absolute Gasteiger partial charge is 0.166 e. The predicted octanol–water partition coefficient (Wildman–Crippen LogP) is 13.7. The second-order valence-electron chi connectivity index (χ2n) is 13.9. The van der Waals surface area contributed by atoms with E-state index in [4.69, 9.17) is 17.7 Å². The molecular weight excluding hydrogens is 701 g/mol. The maximum absolute atomic E-state index is 8.40. The van der Waals surface area contributed by atoms with Gasteiger partial charge in [0.1, 0.15) is 0 Å². The first kappa shape index (κ1) is 30.2. The Morgan fingerprint density at radius 1 is 0.393 bits per heavy atom. The molecule has 0 saturated carbocycles. The zero-order valence-electron chi connectivity index (χ0n) is 32.0. The van der Waals surface area contributed by atoms with E-state index in [-0.39, 0.29) is 0 Å². The van der Waals surface area contributed by atoms with Crippen LogP contribution in [0.5, 0.6) is 0 Å². The van der Waals surface area contributed by atoms with Crippen LogP contribution in [0.1, 0.15) is 2.74 Å². The Morgan fingerprint density at radius 2 is 1.00 bits per heavy atom. The van der Waals surface area contributed by atoms with Crippen molar-refractivity contribution in [3.8, 4) is 62.1 Å². The molecule has 0 aliphatic carbocycles. The largest absolute Gasteiger partial charge is 0.309 e. The molecular formula is C51H32N4S. The summed E-state index contributed by atoms with van der Waals surface area (Å²) in [6.07, 6.45) is 0. The topological polar surface area (TPSA) is 43.6 Å².